The number of nitrogens with zero attached hydrogens (tertiary/aromatic N) is 1. The maximum atomic E-state index is 12.8. The molecule has 1 heterocycles. The fraction of sp³-hybridized carbons (Fsp3) is 0.174. The lowest BCUT2D eigenvalue weighted by Crippen LogP contribution is -2.27. The van der Waals surface area contributed by atoms with E-state index in [1.807, 2.05) is 55.6 Å². The van der Waals surface area contributed by atoms with Crippen LogP contribution < -0.4 is 4.74 Å². The Morgan fingerprint density at radius 2 is 1.81 bits per heavy atom. The minimum absolute atomic E-state index is 0.0569. The summed E-state index contributed by atoms with van der Waals surface area (Å²) in [4.78, 5) is 14.5. The molecular weight excluding hydrogens is 338 g/mol. The summed E-state index contributed by atoms with van der Waals surface area (Å²) in [6, 6.07) is 19.9. The van der Waals surface area contributed by atoms with Crippen molar-refractivity contribution in [3.05, 3.63) is 78.1 Å². The number of rotatable bonds is 5. The Balaban J connectivity index is 1.56. The largest absolute Gasteiger partial charge is 0.497 e. The average molecular weight is 359 g/mol. The van der Waals surface area contributed by atoms with E-state index >= 15 is 0 Å². The molecule has 27 heavy (non-hydrogen) atoms. The third kappa shape index (κ3) is 3.38. The molecule has 0 fully saturated rings. The number of hydrogen-bond donors (Lipinski definition) is 0. The zero-order valence-corrected chi connectivity index (χ0v) is 15.4. The van der Waals surface area contributed by atoms with E-state index in [-0.39, 0.29) is 5.91 Å². The Bertz CT molecular complexity index is 1100. The Morgan fingerprint density at radius 3 is 2.59 bits per heavy atom. The smallest absolute Gasteiger partial charge is 0.227 e. The van der Waals surface area contributed by atoms with Gasteiger partial charge in [0.1, 0.15) is 11.3 Å². The van der Waals surface area contributed by atoms with Crippen LogP contribution in [0.3, 0.4) is 0 Å². The van der Waals surface area contributed by atoms with Crippen LogP contribution in [0.5, 0.6) is 5.75 Å². The number of amides is 1. The van der Waals surface area contributed by atoms with E-state index < -0.39 is 0 Å². The summed E-state index contributed by atoms with van der Waals surface area (Å²) in [7, 11) is 3.47. The molecule has 0 saturated carbocycles. The summed E-state index contributed by atoms with van der Waals surface area (Å²) in [5.41, 5.74) is 2.80. The van der Waals surface area contributed by atoms with Crippen LogP contribution in [0, 0.1) is 0 Å². The number of benzene rings is 3. The van der Waals surface area contributed by atoms with Crippen LogP contribution in [0.25, 0.3) is 21.7 Å². The lowest BCUT2D eigenvalue weighted by molar-refractivity contribution is -0.129. The maximum absolute atomic E-state index is 12.8. The lowest BCUT2D eigenvalue weighted by atomic mass is 10.0. The van der Waals surface area contributed by atoms with Crippen molar-refractivity contribution < 1.29 is 13.9 Å². The molecule has 0 N–H and O–H groups in total. The third-order valence-corrected chi connectivity index (χ3v) is 4.89. The molecule has 0 radical (unpaired) electrons. The molecule has 0 atom stereocenters. The quantitative estimate of drug-likeness (QED) is 0.514. The molecule has 0 bridgehead atoms. The Hall–Kier alpha value is -3.27. The molecule has 0 aliphatic carbocycles. The second kappa shape index (κ2) is 7.16. The molecule has 136 valence electrons. The van der Waals surface area contributed by atoms with Crippen molar-refractivity contribution in [1.29, 1.82) is 0 Å². The molecule has 4 aromatic rings. The highest BCUT2D eigenvalue weighted by Gasteiger charge is 2.16. The first-order valence-electron chi connectivity index (χ1n) is 8.90. The average Bonchev–Trinajstić information content (AvgIpc) is 3.12. The molecular formula is C23H21NO3. The highest BCUT2D eigenvalue weighted by atomic mass is 16.5. The first-order chi connectivity index (χ1) is 13.2. The van der Waals surface area contributed by atoms with Crippen molar-refractivity contribution in [3.63, 3.8) is 0 Å². The summed E-state index contributed by atoms with van der Waals surface area (Å²) < 4.78 is 10.9. The topological polar surface area (TPSA) is 42.7 Å². The predicted molar refractivity (Wildman–Crippen MR) is 107 cm³/mol. The number of fused-ring (bicyclic) bond motifs is 3. The van der Waals surface area contributed by atoms with Crippen LogP contribution in [-0.2, 0) is 17.8 Å². The van der Waals surface area contributed by atoms with Crippen LogP contribution in [0.4, 0.5) is 0 Å². The Morgan fingerprint density at radius 1 is 1.04 bits per heavy atom. The van der Waals surface area contributed by atoms with Gasteiger partial charge in [0.2, 0.25) is 5.91 Å². The van der Waals surface area contributed by atoms with Crippen molar-refractivity contribution in [3.8, 4) is 5.75 Å². The summed E-state index contributed by atoms with van der Waals surface area (Å²) in [6.07, 6.45) is 2.02. The van der Waals surface area contributed by atoms with E-state index in [0.717, 1.165) is 38.6 Å². The van der Waals surface area contributed by atoms with Gasteiger partial charge in [0, 0.05) is 24.5 Å². The summed E-state index contributed by atoms with van der Waals surface area (Å²) in [6.45, 7) is 0.555. The standard InChI is InChI=1S/C23H21NO3/c1-24(14-16-7-10-19(26-2)11-8-16)22(25)13-18-15-27-21-12-9-17-5-3-4-6-20(17)23(18)21/h3-12,15H,13-14H2,1-2H3. The summed E-state index contributed by atoms with van der Waals surface area (Å²) in [5.74, 6) is 0.867. The first-order valence-corrected chi connectivity index (χ1v) is 8.90. The van der Waals surface area contributed by atoms with Crippen LogP contribution in [-0.4, -0.2) is 25.0 Å². The number of likely N-dealkylation sites (N-methyl/N-ethyl adjacent to an activating group) is 1. The number of carbonyl (C=O) groups is 1. The summed E-state index contributed by atoms with van der Waals surface area (Å²) in [5, 5.41) is 3.29. The highest BCUT2D eigenvalue weighted by molar-refractivity contribution is 6.08. The van der Waals surface area contributed by atoms with Gasteiger partial charge in [-0.3, -0.25) is 4.79 Å². The molecule has 1 amide bonds. The zero-order valence-electron chi connectivity index (χ0n) is 15.4. The number of methoxy groups -OCH3 is 1. The van der Waals surface area contributed by atoms with Crippen molar-refractivity contribution >= 4 is 27.6 Å². The molecule has 0 saturated heterocycles. The number of carbonyl (C=O) groups excluding carboxylic acids is 1. The molecule has 3 aromatic carbocycles. The monoisotopic (exact) mass is 359 g/mol. The van der Waals surface area contributed by atoms with Crippen molar-refractivity contribution in [2.75, 3.05) is 14.2 Å². The van der Waals surface area contributed by atoms with E-state index in [2.05, 4.69) is 12.1 Å². The van der Waals surface area contributed by atoms with Gasteiger partial charge in [-0.05, 0) is 34.5 Å². The van der Waals surface area contributed by atoms with E-state index in [4.69, 9.17) is 9.15 Å². The molecule has 1 aromatic heterocycles. The van der Waals surface area contributed by atoms with Crippen LogP contribution in [0.15, 0.2) is 71.3 Å². The number of furan rings is 1. The normalized spacial score (nSPS) is 11.0. The van der Waals surface area contributed by atoms with Gasteiger partial charge >= 0.3 is 0 Å². The molecule has 0 aliphatic rings. The van der Waals surface area contributed by atoms with Gasteiger partial charge in [-0.15, -0.1) is 0 Å². The maximum Gasteiger partial charge on any atom is 0.227 e. The van der Waals surface area contributed by atoms with Gasteiger partial charge in [-0.25, -0.2) is 0 Å². The second-order valence-electron chi connectivity index (χ2n) is 6.70. The van der Waals surface area contributed by atoms with E-state index in [1.165, 1.54) is 0 Å². The van der Waals surface area contributed by atoms with Gasteiger partial charge in [0.25, 0.3) is 0 Å². The van der Waals surface area contributed by atoms with E-state index in [1.54, 1.807) is 18.3 Å². The molecule has 4 nitrogen and oxygen atoms in total. The van der Waals surface area contributed by atoms with Crippen molar-refractivity contribution in [1.82, 2.24) is 4.90 Å². The molecule has 0 unspecified atom stereocenters. The summed E-state index contributed by atoms with van der Waals surface area (Å²) >= 11 is 0. The van der Waals surface area contributed by atoms with Crippen LogP contribution in [0.2, 0.25) is 0 Å². The number of ether oxygens (including phenoxy) is 1. The Kier molecular flexibility index (Phi) is 4.55. The lowest BCUT2D eigenvalue weighted by Gasteiger charge is -2.17. The number of hydrogen-bond acceptors (Lipinski definition) is 3. The first kappa shape index (κ1) is 17.2. The highest BCUT2D eigenvalue weighted by Crippen LogP contribution is 2.30. The second-order valence-corrected chi connectivity index (χ2v) is 6.70. The van der Waals surface area contributed by atoms with Gasteiger partial charge in [-0.1, -0.05) is 42.5 Å². The Labute approximate surface area is 158 Å². The molecule has 4 heteroatoms. The van der Waals surface area contributed by atoms with E-state index in [0.29, 0.717) is 13.0 Å². The molecule has 4 rings (SSSR count). The minimum atomic E-state index is 0.0569. The zero-order chi connectivity index (χ0) is 18.8. The van der Waals surface area contributed by atoms with Gasteiger partial charge < -0.3 is 14.1 Å². The minimum Gasteiger partial charge on any atom is -0.497 e. The molecule has 0 spiro atoms. The van der Waals surface area contributed by atoms with Gasteiger partial charge in [0.05, 0.1) is 19.8 Å². The SMILES string of the molecule is COc1ccc(CN(C)C(=O)Cc2coc3ccc4ccccc4c23)cc1. The van der Waals surface area contributed by atoms with Crippen LogP contribution >= 0.6 is 0 Å². The predicted octanol–water partition coefficient (Wildman–Crippen LogP) is 4.80. The third-order valence-electron chi connectivity index (χ3n) is 4.89. The van der Waals surface area contributed by atoms with Gasteiger partial charge in [0.15, 0.2) is 0 Å². The fourth-order valence-corrected chi connectivity index (χ4v) is 3.40. The molecule has 0 aliphatic heterocycles. The fourth-order valence-electron chi connectivity index (χ4n) is 3.40. The van der Waals surface area contributed by atoms with E-state index in [9.17, 15) is 4.79 Å². The van der Waals surface area contributed by atoms with Crippen molar-refractivity contribution in [2.45, 2.75) is 13.0 Å². The van der Waals surface area contributed by atoms with Crippen molar-refractivity contribution in [2.24, 2.45) is 0 Å². The van der Waals surface area contributed by atoms with Gasteiger partial charge in [-0.2, -0.15) is 0 Å². The van der Waals surface area contributed by atoms with Crippen LogP contribution in [0.1, 0.15) is 11.1 Å².